The third kappa shape index (κ3) is 3.66. The Balaban J connectivity index is 1.60. The van der Waals surface area contributed by atoms with Crippen LogP contribution in [0, 0.1) is 0 Å². The first-order valence-electron chi connectivity index (χ1n) is 8.83. The van der Waals surface area contributed by atoms with Crippen molar-refractivity contribution in [2.75, 3.05) is 12.4 Å². The van der Waals surface area contributed by atoms with Crippen LogP contribution in [-0.2, 0) is 0 Å². The summed E-state index contributed by atoms with van der Waals surface area (Å²) >= 11 is 0. The summed E-state index contributed by atoms with van der Waals surface area (Å²) in [7, 11) is 1.38. The summed E-state index contributed by atoms with van der Waals surface area (Å²) in [6, 6.07) is 19.2. The number of carbonyl (C=O) groups excluding carboxylic acids is 1. The van der Waals surface area contributed by atoms with Crippen LogP contribution in [-0.4, -0.2) is 34.1 Å². The fourth-order valence-corrected chi connectivity index (χ4v) is 3.05. The second-order valence-corrected chi connectivity index (χ2v) is 6.36. The summed E-state index contributed by atoms with van der Waals surface area (Å²) in [5.41, 5.74) is 3.46. The summed E-state index contributed by atoms with van der Waals surface area (Å²) < 4.78 is 5.10. The second-order valence-electron chi connectivity index (χ2n) is 6.36. The number of amides is 1. The van der Waals surface area contributed by atoms with E-state index < -0.39 is 5.97 Å². The number of hydrogen-bond acceptors (Lipinski definition) is 4. The Bertz CT molecular complexity index is 1200. The molecular weight excluding hydrogens is 370 g/mol. The lowest BCUT2D eigenvalue weighted by Crippen LogP contribution is -2.12. The summed E-state index contributed by atoms with van der Waals surface area (Å²) in [6.45, 7) is 0. The van der Waals surface area contributed by atoms with Crippen LogP contribution in [0.4, 0.5) is 5.69 Å². The lowest BCUT2D eigenvalue weighted by molar-refractivity contribution is 0.0693. The smallest absolute Gasteiger partial charge is 0.339 e. The van der Waals surface area contributed by atoms with Crippen LogP contribution in [0.3, 0.4) is 0 Å². The molecule has 0 fully saturated rings. The van der Waals surface area contributed by atoms with Crippen LogP contribution in [0.5, 0.6) is 5.75 Å². The van der Waals surface area contributed by atoms with Crippen LogP contribution in [0.1, 0.15) is 20.7 Å². The van der Waals surface area contributed by atoms with Crippen molar-refractivity contribution >= 4 is 28.6 Å². The maximum Gasteiger partial charge on any atom is 0.339 e. The van der Waals surface area contributed by atoms with Crippen molar-refractivity contribution < 1.29 is 19.4 Å². The number of nitrogens with one attached hydrogen (secondary N) is 2. The zero-order chi connectivity index (χ0) is 20.4. The molecule has 4 rings (SSSR count). The minimum Gasteiger partial charge on any atom is -0.496 e. The predicted molar refractivity (Wildman–Crippen MR) is 109 cm³/mol. The molecule has 29 heavy (non-hydrogen) atoms. The van der Waals surface area contributed by atoms with Crippen LogP contribution < -0.4 is 10.1 Å². The van der Waals surface area contributed by atoms with Gasteiger partial charge < -0.3 is 20.1 Å². The molecule has 0 radical (unpaired) electrons. The first-order chi connectivity index (χ1) is 14.0. The number of carboxylic acid groups (broad SMARTS) is 1. The van der Waals surface area contributed by atoms with Gasteiger partial charge in [0, 0.05) is 22.9 Å². The maximum atomic E-state index is 12.7. The van der Waals surface area contributed by atoms with Gasteiger partial charge in [-0.1, -0.05) is 24.3 Å². The number of imidazole rings is 1. The topological polar surface area (TPSA) is 104 Å². The highest BCUT2D eigenvalue weighted by Crippen LogP contribution is 2.25. The van der Waals surface area contributed by atoms with Crippen LogP contribution in [0.15, 0.2) is 66.7 Å². The molecule has 144 valence electrons. The lowest BCUT2D eigenvalue weighted by Gasteiger charge is -2.10. The van der Waals surface area contributed by atoms with Gasteiger partial charge in [-0.25, -0.2) is 9.78 Å². The maximum absolute atomic E-state index is 12.7. The molecule has 3 aromatic carbocycles. The second kappa shape index (κ2) is 7.47. The van der Waals surface area contributed by atoms with Crippen LogP contribution in [0.25, 0.3) is 22.4 Å². The quantitative estimate of drug-likeness (QED) is 0.476. The predicted octanol–water partition coefficient (Wildman–Crippen LogP) is 4.19. The molecular formula is C22H17N3O4. The number of rotatable bonds is 5. The van der Waals surface area contributed by atoms with Crippen molar-refractivity contribution in [1.82, 2.24) is 9.97 Å². The minimum atomic E-state index is -1.10. The van der Waals surface area contributed by atoms with E-state index in [1.165, 1.54) is 25.3 Å². The van der Waals surface area contributed by atoms with Gasteiger partial charge in [-0.2, -0.15) is 0 Å². The molecule has 0 aliphatic rings. The number of benzene rings is 3. The summed E-state index contributed by atoms with van der Waals surface area (Å²) in [6.07, 6.45) is 0. The number of carboxylic acids is 1. The zero-order valence-corrected chi connectivity index (χ0v) is 15.5. The number of anilines is 1. The molecule has 1 aromatic heterocycles. The zero-order valence-electron chi connectivity index (χ0n) is 15.5. The molecule has 7 nitrogen and oxygen atoms in total. The molecule has 0 unspecified atom stereocenters. The third-order valence-corrected chi connectivity index (χ3v) is 4.48. The number of para-hydroxylation sites is 2. The highest BCUT2D eigenvalue weighted by Gasteiger charge is 2.14. The fourth-order valence-electron chi connectivity index (χ4n) is 3.05. The van der Waals surface area contributed by atoms with Crippen molar-refractivity contribution in [3.8, 4) is 17.1 Å². The molecule has 0 spiro atoms. The van der Waals surface area contributed by atoms with Gasteiger partial charge >= 0.3 is 5.97 Å². The van der Waals surface area contributed by atoms with E-state index in [2.05, 4.69) is 15.3 Å². The summed E-state index contributed by atoms with van der Waals surface area (Å²) in [5, 5.41) is 11.9. The first-order valence-corrected chi connectivity index (χ1v) is 8.83. The molecule has 1 heterocycles. The Morgan fingerprint density at radius 1 is 1.03 bits per heavy atom. The Morgan fingerprint density at radius 3 is 2.62 bits per heavy atom. The normalized spacial score (nSPS) is 10.7. The summed E-state index contributed by atoms with van der Waals surface area (Å²) in [4.78, 5) is 31.7. The van der Waals surface area contributed by atoms with Crippen molar-refractivity contribution in [2.24, 2.45) is 0 Å². The Hall–Kier alpha value is -4.13. The van der Waals surface area contributed by atoms with Crippen molar-refractivity contribution in [2.45, 2.75) is 0 Å². The van der Waals surface area contributed by atoms with E-state index in [9.17, 15) is 9.59 Å². The molecule has 7 heteroatoms. The van der Waals surface area contributed by atoms with Gasteiger partial charge in [0.25, 0.3) is 5.91 Å². The standard InChI is InChI=1S/C22H17N3O4/c1-29-19-12-15(9-10-16(19)22(27)28)23-21(26)14-6-4-5-13(11-14)20-24-17-7-2-3-8-18(17)25-20/h2-12H,1H3,(H,23,26)(H,24,25)(H,27,28). The monoisotopic (exact) mass is 387 g/mol. The van der Waals surface area contributed by atoms with E-state index in [4.69, 9.17) is 9.84 Å². The number of methoxy groups -OCH3 is 1. The van der Waals surface area contributed by atoms with Gasteiger partial charge in [0.15, 0.2) is 0 Å². The molecule has 1 amide bonds. The molecule has 0 saturated carbocycles. The van der Waals surface area contributed by atoms with Crippen molar-refractivity contribution in [3.63, 3.8) is 0 Å². The minimum absolute atomic E-state index is 0.0254. The molecule has 0 atom stereocenters. The number of hydrogen-bond donors (Lipinski definition) is 3. The van der Waals surface area contributed by atoms with E-state index >= 15 is 0 Å². The molecule has 3 N–H and O–H groups in total. The molecule has 0 saturated heterocycles. The number of aromatic amines is 1. The molecule has 0 aliphatic heterocycles. The van der Waals surface area contributed by atoms with Gasteiger partial charge in [0.1, 0.15) is 17.1 Å². The van der Waals surface area contributed by atoms with E-state index in [-0.39, 0.29) is 17.2 Å². The van der Waals surface area contributed by atoms with Crippen LogP contribution >= 0.6 is 0 Å². The average molecular weight is 387 g/mol. The van der Waals surface area contributed by atoms with E-state index in [0.29, 0.717) is 17.1 Å². The molecule has 4 aromatic rings. The number of fused-ring (bicyclic) bond motifs is 1. The third-order valence-electron chi connectivity index (χ3n) is 4.48. The van der Waals surface area contributed by atoms with Gasteiger partial charge in [-0.05, 0) is 36.4 Å². The molecule has 0 aliphatic carbocycles. The Kier molecular flexibility index (Phi) is 4.70. The SMILES string of the molecule is COc1cc(NC(=O)c2cccc(-c3nc4ccccc4[nH]3)c2)ccc1C(=O)O. The van der Waals surface area contributed by atoms with Crippen LogP contribution in [0.2, 0.25) is 0 Å². The lowest BCUT2D eigenvalue weighted by atomic mass is 10.1. The fraction of sp³-hybridized carbons (Fsp3) is 0.0455. The van der Waals surface area contributed by atoms with Gasteiger partial charge in [0.2, 0.25) is 0 Å². The number of aromatic carboxylic acids is 1. The summed E-state index contributed by atoms with van der Waals surface area (Å²) in [5.74, 6) is -0.578. The van der Waals surface area contributed by atoms with Gasteiger partial charge in [-0.3, -0.25) is 4.79 Å². The Morgan fingerprint density at radius 2 is 1.86 bits per heavy atom. The van der Waals surface area contributed by atoms with Gasteiger partial charge in [0.05, 0.1) is 18.1 Å². The average Bonchev–Trinajstić information content (AvgIpc) is 3.18. The molecule has 0 bridgehead atoms. The number of nitrogens with zero attached hydrogens (tertiary/aromatic N) is 1. The number of ether oxygens (including phenoxy) is 1. The van der Waals surface area contributed by atoms with E-state index in [0.717, 1.165) is 16.6 Å². The Labute approximate surface area is 166 Å². The number of aromatic nitrogens is 2. The van der Waals surface area contributed by atoms with E-state index in [1.54, 1.807) is 18.2 Å². The van der Waals surface area contributed by atoms with Crippen molar-refractivity contribution in [3.05, 3.63) is 77.9 Å². The highest BCUT2D eigenvalue weighted by atomic mass is 16.5. The number of H-pyrrole nitrogens is 1. The van der Waals surface area contributed by atoms with Gasteiger partial charge in [-0.15, -0.1) is 0 Å². The largest absolute Gasteiger partial charge is 0.496 e. The van der Waals surface area contributed by atoms with E-state index in [1.807, 2.05) is 30.3 Å². The highest BCUT2D eigenvalue weighted by molar-refractivity contribution is 6.05. The number of carbonyl (C=O) groups is 2. The van der Waals surface area contributed by atoms with Crippen molar-refractivity contribution in [1.29, 1.82) is 0 Å². The first kappa shape index (κ1) is 18.2.